The van der Waals surface area contributed by atoms with Crippen molar-refractivity contribution in [2.45, 2.75) is 18.8 Å². The van der Waals surface area contributed by atoms with E-state index in [-0.39, 0.29) is 0 Å². The fourth-order valence-electron chi connectivity index (χ4n) is 2.73. The van der Waals surface area contributed by atoms with E-state index < -0.39 is 5.97 Å². The molecule has 5 heteroatoms. The number of aromatic nitrogens is 1. The predicted octanol–water partition coefficient (Wildman–Crippen LogP) is 3.12. The van der Waals surface area contributed by atoms with E-state index in [4.69, 9.17) is 10.1 Å². The molecule has 0 bridgehead atoms. The second kappa shape index (κ2) is 6.37. The second-order valence-electron chi connectivity index (χ2n) is 5.34. The zero-order valence-electron chi connectivity index (χ0n) is 11.7. The van der Waals surface area contributed by atoms with Crippen LogP contribution in [-0.2, 0) is 4.79 Å². The molecule has 0 atom stereocenters. The molecule has 110 valence electrons. The summed E-state index contributed by atoms with van der Waals surface area (Å²) in [5, 5.41) is 9.84. The Kier molecular flexibility index (Phi) is 4.31. The van der Waals surface area contributed by atoms with Crippen molar-refractivity contribution in [3.63, 3.8) is 0 Å². The Bertz CT molecular complexity index is 624. The molecule has 4 nitrogen and oxygen atoms in total. The third-order valence-corrected chi connectivity index (χ3v) is 5.07. The molecule has 21 heavy (non-hydrogen) atoms. The van der Waals surface area contributed by atoms with Gasteiger partial charge in [-0.2, -0.15) is 0 Å². The number of rotatable bonds is 4. The van der Waals surface area contributed by atoms with Crippen molar-refractivity contribution < 1.29 is 9.90 Å². The number of benzene rings is 1. The zero-order chi connectivity index (χ0) is 14.7. The van der Waals surface area contributed by atoms with E-state index in [1.54, 1.807) is 17.4 Å². The first-order chi connectivity index (χ1) is 10.2. The Balaban J connectivity index is 1.59. The lowest BCUT2D eigenvalue weighted by Gasteiger charge is -2.30. The normalized spacial score (nSPS) is 17.7. The summed E-state index contributed by atoms with van der Waals surface area (Å²) in [6.07, 6.45) is 5.14. The molecule has 1 aliphatic rings. The van der Waals surface area contributed by atoms with Crippen LogP contribution in [-0.4, -0.2) is 40.6 Å². The molecule has 1 aromatic carbocycles. The van der Waals surface area contributed by atoms with Gasteiger partial charge in [0.05, 0.1) is 15.2 Å². The van der Waals surface area contributed by atoms with Gasteiger partial charge < -0.3 is 5.11 Å². The van der Waals surface area contributed by atoms with Gasteiger partial charge in [0, 0.05) is 18.5 Å². The maximum absolute atomic E-state index is 10.5. The summed E-state index contributed by atoms with van der Waals surface area (Å²) in [7, 11) is 0. The van der Waals surface area contributed by atoms with Gasteiger partial charge in [-0.3, -0.25) is 4.90 Å². The Hall–Kier alpha value is -1.72. The monoisotopic (exact) mass is 302 g/mol. The molecule has 1 N–H and O–H groups in total. The van der Waals surface area contributed by atoms with E-state index in [0.717, 1.165) is 38.0 Å². The first-order valence-electron chi connectivity index (χ1n) is 7.19. The Labute approximate surface area is 127 Å². The number of carboxylic acid groups (broad SMARTS) is 1. The fraction of sp³-hybridized carbons (Fsp3) is 0.375. The van der Waals surface area contributed by atoms with Crippen LogP contribution in [0, 0.1) is 0 Å². The number of carboxylic acids is 1. The smallest absolute Gasteiger partial charge is 0.328 e. The summed E-state index contributed by atoms with van der Waals surface area (Å²) in [5.74, 6) is -0.332. The fourth-order valence-corrected chi connectivity index (χ4v) is 3.87. The lowest BCUT2D eigenvalue weighted by molar-refractivity contribution is -0.131. The van der Waals surface area contributed by atoms with Crippen LogP contribution in [0.25, 0.3) is 10.2 Å². The second-order valence-corrected chi connectivity index (χ2v) is 6.40. The highest BCUT2D eigenvalue weighted by Crippen LogP contribution is 2.33. The van der Waals surface area contributed by atoms with Gasteiger partial charge in [-0.05, 0) is 38.1 Å². The molecule has 1 fully saturated rings. The third kappa shape index (κ3) is 3.49. The predicted molar refractivity (Wildman–Crippen MR) is 84.8 cm³/mol. The summed E-state index contributed by atoms with van der Waals surface area (Å²) in [5.41, 5.74) is 1.10. The highest BCUT2D eigenvalue weighted by atomic mass is 32.1. The van der Waals surface area contributed by atoms with Crippen molar-refractivity contribution in [2.75, 3.05) is 19.6 Å². The standard InChI is InChI=1S/C16H18N2O2S/c19-15(20)6-3-9-18-10-7-12(8-11-18)16-17-13-4-1-2-5-14(13)21-16/h1-6,12H,7-11H2,(H,19,20)/b6-3+. The highest BCUT2D eigenvalue weighted by Gasteiger charge is 2.22. The number of thiazole rings is 1. The minimum Gasteiger partial charge on any atom is -0.478 e. The third-order valence-electron chi connectivity index (χ3n) is 3.87. The molecule has 0 aliphatic carbocycles. The largest absolute Gasteiger partial charge is 0.478 e. The Morgan fingerprint density at radius 3 is 2.86 bits per heavy atom. The van der Waals surface area contributed by atoms with Crippen molar-refractivity contribution in [2.24, 2.45) is 0 Å². The lowest BCUT2D eigenvalue weighted by atomic mass is 9.97. The SMILES string of the molecule is O=C(O)/C=C/CN1CCC(c2nc3ccccc3s2)CC1. The molecule has 0 spiro atoms. The molecule has 0 amide bonds. The summed E-state index contributed by atoms with van der Waals surface area (Å²) in [4.78, 5) is 17.5. The number of hydrogen-bond donors (Lipinski definition) is 1. The molecular weight excluding hydrogens is 284 g/mol. The van der Waals surface area contributed by atoms with Crippen LogP contribution in [0.5, 0.6) is 0 Å². The van der Waals surface area contributed by atoms with Gasteiger partial charge >= 0.3 is 5.97 Å². The average Bonchev–Trinajstić information content (AvgIpc) is 2.91. The molecule has 3 rings (SSSR count). The van der Waals surface area contributed by atoms with Gasteiger partial charge in [0.15, 0.2) is 0 Å². The summed E-state index contributed by atoms with van der Waals surface area (Å²) < 4.78 is 1.26. The van der Waals surface area contributed by atoms with Gasteiger partial charge in [0.25, 0.3) is 0 Å². The van der Waals surface area contributed by atoms with E-state index in [1.807, 2.05) is 6.07 Å². The molecule has 1 aliphatic heterocycles. The maximum Gasteiger partial charge on any atom is 0.328 e. The van der Waals surface area contributed by atoms with E-state index in [0.29, 0.717) is 5.92 Å². The molecular formula is C16H18N2O2S. The molecule has 1 saturated heterocycles. The molecule has 2 aromatic rings. The summed E-state index contributed by atoms with van der Waals surface area (Å²) in [6, 6.07) is 8.29. The van der Waals surface area contributed by atoms with Crippen LogP contribution in [0.15, 0.2) is 36.4 Å². The topological polar surface area (TPSA) is 53.4 Å². The van der Waals surface area contributed by atoms with Crippen LogP contribution < -0.4 is 0 Å². The number of piperidine rings is 1. The van der Waals surface area contributed by atoms with Crippen molar-refractivity contribution in [3.05, 3.63) is 41.4 Å². The number of aliphatic carboxylic acids is 1. The maximum atomic E-state index is 10.5. The van der Waals surface area contributed by atoms with Gasteiger partial charge in [-0.15, -0.1) is 11.3 Å². The number of hydrogen-bond acceptors (Lipinski definition) is 4. The van der Waals surface area contributed by atoms with Gasteiger partial charge in [0.1, 0.15) is 0 Å². The first kappa shape index (κ1) is 14.2. The first-order valence-corrected chi connectivity index (χ1v) is 8.01. The average molecular weight is 302 g/mol. The van der Waals surface area contributed by atoms with E-state index in [2.05, 4.69) is 23.1 Å². The van der Waals surface area contributed by atoms with Crippen molar-refractivity contribution >= 4 is 27.5 Å². The van der Waals surface area contributed by atoms with Crippen LogP contribution in [0.2, 0.25) is 0 Å². The Morgan fingerprint density at radius 1 is 1.38 bits per heavy atom. The summed E-state index contributed by atoms with van der Waals surface area (Å²) >= 11 is 1.81. The van der Waals surface area contributed by atoms with Crippen molar-refractivity contribution in [1.82, 2.24) is 9.88 Å². The van der Waals surface area contributed by atoms with E-state index in [9.17, 15) is 4.79 Å². The molecule has 1 aromatic heterocycles. The number of carbonyl (C=O) groups is 1. The van der Waals surface area contributed by atoms with Gasteiger partial charge in [-0.1, -0.05) is 18.2 Å². The van der Waals surface area contributed by atoms with Crippen LogP contribution in [0.3, 0.4) is 0 Å². The van der Waals surface area contributed by atoms with Gasteiger partial charge in [0.2, 0.25) is 0 Å². The molecule has 2 heterocycles. The minimum absolute atomic E-state index is 0.544. The van der Waals surface area contributed by atoms with E-state index >= 15 is 0 Å². The van der Waals surface area contributed by atoms with Crippen LogP contribution in [0.4, 0.5) is 0 Å². The molecule has 0 unspecified atom stereocenters. The minimum atomic E-state index is -0.876. The van der Waals surface area contributed by atoms with Crippen molar-refractivity contribution in [3.8, 4) is 0 Å². The highest BCUT2D eigenvalue weighted by molar-refractivity contribution is 7.18. The quantitative estimate of drug-likeness (QED) is 0.882. The molecule has 0 saturated carbocycles. The zero-order valence-corrected chi connectivity index (χ0v) is 12.6. The van der Waals surface area contributed by atoms with Crippen LogP contribution in [0.1, 0.15) is 23.8 Å². The van der Waals surface area contributed by atoms with Crippen molar-refractivity contribution in [1.29, 1.82) is 0 Å². The van der Waals surface area contributed by atoms with E-state index in [1.165, 1.54) is 15.8 Å². The number of likely N-dealkylation sites (tertiary alicyclic amines) is 1. The van der Waals surface area contributed by atoms with Gasteiger partial charge in [-0.25, -0.2) is 9.78 Å². The number of nitrogens with zero attached hydrogens (tertiary/aromatic N) is 2. The number of fused-ring (bicyclic) bond motifs is 1. The number of para-hydroxylation sites is 1. The molecule has 0 radical (unpaired) electrons. The van der Waals surface area contributed by atoms with Crippen LogP contribution >= 0.6 is 11.3 Å². The lowest BCUT2D eigenvalue weighted by Crippen LogP contribution is -2.33. The Morgan fingerprint density at radius 2 is 2.14 bits per heavy atom. The summed E-state index contributed by atoms with van der Waals surface area (Å²) in [6.45, 7) is 2.73.